The highest BCUT2D eigenvalue weighted by Gasteiger charge is 2.22. The molecule has 90 valence electrons. The van der Waals surface area contributed by atoms with Gasteiger partial charge in [0.1, 0.15) is 0 Å². The molecule has 0 aromatic carbocycles. The minimum atomic E-state index is -0.534. The molecule has 0 atom stereocenters. The zero-order chi connectivity index (χ0) is 12.2. The van der Waals surface area contributed by atoms with Crippen LogP contribution in [0.1, 0.15) is 27.2 Å². The molecule has 0 saturated heterocycles. The van der Waals surface area contributed by atoms with E-state index < -0.39 is 9.76 Å². The zero-order valence-corrected chi connectivity index (χ0v) is 11.6. The van der Waals surface area contributed by atoms with Gasteiger partial charge in [0, 0.05) is 24.3 Å². The lowest BCUT2D eigenvalue weighted by atomic mass is 10.2. The average Bonchev–Trinajstić information content (AvgIpc) is 2.46. The Balaban J connectivity index is 2.13. The van der Waals surface area contributed by atoms with Crippen molar-refractivity contribution in [2.45, 2.75) is 38.8 Å². The molecule has 0 aromatic heterocycles. The second-order valence-corrected chi connectivity index (χ2v) is 6.23. The highest BCUT2D eigenvalue weighted by Crippen LogP contribution is 2.08. The summed E-state index contributed by atoms with van der Waals surface area (Å²) in [5, 5.41) is 0. The van der Waals surface area contributed by atoms with Crippen molar-refractivity contribution in [3.05, 3.63) is 12.2 Å². The molecular weight excluding hydrogens is 222 g/mol. The second kappa shape index (κ2) is 5.40. The van der Waals surface area contributed by atoms with Crippen LogP contribution < -0.4 is 0 Å². The minimum absolute atomic E-state index is 0.0624. The molecule has 0 aliphatic carbocycles. The maximum Gasteiger partial charge on any atom is 0.253 e. The van der Waals surface area contributed by atoms with Gasteiger partial charge in [-0.2, -0.15) is 0 Å². The first-order valence-electron chi connectivity index (χ1n) is 5.58. The van der Waals surface area contributed by atoms with E-state index >= 15 is 0 Å². The van der Waals surface area contributed by atoms with Gasteiger partial charge in [0.05, 0.1) is 0 Å². The molecule has 0 N–H and O–H groups in total. The molecule has 1 rings (SSSR count). The summed E-state index contributed by atoms with van der Waals surface area (Å²) in [4.78, 5) is 23.7. The van der Waals surface area contributed by atoms with Gasteiger partial charge in [-0.05, 0) is 33.2 Å². The van der Waals surface area contributed by atoms with Gasteiger partial charge in [-0.1, -0.05) is 0 Å². The first-order valence-corrected chi connectivity index (χ1v) is 7.15. The van der Waals surface area contributed by atoms with Crippen LogP contribution in [0.5, 0.6) is 0 Å². The van der Waals surface area contributed by atoms with Crippen LogP contribution in [0.2, 0.25) is 6.04 Å². The molecule has 0 fully saturated rings. The third kappa shape index (κ3) is 4.28. The highest BCUT2D eigenvalue weighted by molar-refractivity contribution is 6.27. The summed E-state index contributed by atoms with van der Waals surface area (Å²) < 4.78 is 5.68. The van der Waals surface area contributed by atoms with Crippen molar-refractivity contribution >= 4 is 21.6 Å². The Morgan fingerprint density at radius 3 is 2.31 bits per heavy atom. The molecule has 1 aliphatic rings. The number of amides is 2. The summed E-state index contributed by atoms with van der Waals surface area (Å²) in [6, 6.07) is 0.994. The fraction of sp³-hybridized carbons (Fsp3) is 0.636. The smallest absolute Gasteiger partial charge is 0.253 e. The fourth-order valence-corrected chi connectivity index (χ4v) is 2.59. The molecule has 4 nitrogen and oxygen atoms in total. The average molecular weight is 241 g/mol. The van der Waals surface area contributed by atoms with Crippen molar-refractivity contribution in [1.29, 1.82) is 0 Å². The number of imide groups is 1. The predicted molar refractivity (Wildman–Crippen MR) is 64.7 cm³/mol. The van der Waals surface area contributed by atoms with Gasteiger partial charge in [-0.25, -0.2) is 0 Å². The van der Waals surface area contributed by atoms with Crippen molar-refractivity contribution in [2.24, 2.45) is 0 Å². The molecule has 0 spiro atoms. The lowest BCUT2D eigenvalue weighted by molar-refractivity contribution is -0.136. The van der Waals surface area contributed by atoms with Crippen molar-refractivity contribution in [2.75, 3.05) is 6.54 Å². The van der Waals surface area contributed by atoms with Crippen LogP contribution in [0.4, 0.5) is 0 Å². The van der Waals surface area contributed by atoms with E-state index in [0.29, 0.717) is 6.54 Å². The largest absolute Gasteiger partial charge is 0.419 e. The third-order valence-electron chi connectivity index (χ3n) is 2.21. The number of nitrogens with zero attached hydrogens (tertiary/aromatic N) is 1. The molecule has 0 saturated carbocycles. The Bertz CT molecular complexity index is 289. The van der Waals surface area contributed by atoms with Gasteiger partial charge in [0.15, 0.2) is 9.76 Å². The van der Waals surface area contributed by atoms with Crippen LogP contribution in [-0.2, 0) is 14.0 Å². The summed E-state index contributed by atoms with van der Waals surface area (Å²) in [5.41, 5.74) is -0.0624. The molecule has 0 bridgehead atoms. The lowest BCUT2D eigenvalue weighted by Crippen LogP contribution is -2.31. The van der Waals surface area contributed by atoms with Crippen LogP contribution in [0.15, 0.2) is 12.2 Å². The minimum Gasteiger partial charge on any atom is -0.419 e. The Hall–Kier alpha value is -0.943. The summed E-state index contributed by atoms with van der Waals surface area (Å²) >= 11 is 0. The summed E-state index contributed by atoms with van der Waals surface area (Å²) in [7, 11) is -0.534. The summed E-state index contributed by atoms with van der Waals surface area (Å²) in [6.45, 7) is 6.64. The number of rotatable bonds is 5. The number of hydrogen-bond donors (Lipinski definition) is 0. The standard InChI is InChI=1S/C11H19NO3Si/c1-11(2,3)15-16-8-4-7-12-9(13)5-6-10(12)14/h5-6H,4,7-8,16H2,1-3H3. The number of hydrogen-bond acceptors (Lipinski definition) is 3. The van der Waals surface area contributed by atoms with Crippen molar-refractivity contribution in [3.8, 4) is 0 Å². The van der Waals surface area contributed by atoms with Crippen LogP contribution >= 0.6 is 0 Å². The van der Waals surface area contributed by atoms with Crippen LogP contribution in [0, 0.1) is 0 Å². The first-order chi connectivity index (χ1) is 7.40. The Morgan fingerprint density at radius 2 is 1.81 bits per heavy atom. The summed E-state index contributed by atoms with van der Waals surface area (Å²) in [5.74, 6) is -0.383. The van der Waals surface area contributed by atoms with E-state index in [2.05, 4.69) is 0 Å². The SMILES string of the molecule is CC(C)(C)O[SiH2]CCCN1C(=O)C=CC1=O. The quantitative estimate of drug-likeness (QED) is 0.403. The van der Waals surface area contributed by atoms with E-state index in [0.717, 1.165) is 12.5 Å². The normalized spacial score (nSPS) is 17.1. The molecule has 1 aliphatic heterocycles. The van der Waals surface area contributed by atoms with E-state index in [1.165, 1.54) is 17.1 Å². The molecule has 1 heterocycles. The number of carbonyl (C=O) groups is 2. The lowest BCUT2D eigenvalue weighted by Gasteiger charge is -2.20. The van der Waals surface area contributed by atoms with Gasteiger partial charge >= 0.3 is 0 Å². The van der Waals surface area contributed by atoms with Crippen LogP contribution in [0.3, 0.4) is 0 Å². The maximum atomic E-state index is 11.2. The van der Waals surface area contributed by atoms with Gasteiger partial charge in [0.25, 0.3) is 11.8 Å². The molecule has 16 heavy (non-hydrogen) atoms. The Labute approximate surface area is 98.6 Å². The third-order valence-corrected chi connectivity index (χ3v) is 4.07. The van der Waals surface area contributed by atoms with E-state index in [4.69, 9.17) is 4.43 Å². The van der Waals surface area contributed by atoms with Gasteiger partial charge in [-0.15, -0.1) is 0 Å². The van der Waals surface area contributed by atoms with Crippen LogP contribution in [0.25, 0.3) is 0 Å². The topological polar surface area (TPSA) is 46.6 Å². The molecule has 0 unspecified atom stereocenters. The van der Waals surface area contributed by atoms with E-state index in [1.807, 2.05) is 20.8 Å². The van der Waals surface area contributed by atoms with Gasteiger partial charge < -0.3 is 4.43 Å². The van der Waals surface area contributed by atoms with Gasteiger partial charge in [0.2, 0.25) is 0 Å². The van der Waals surface area contributed by atoms with E-state index in [9.17, 15) is 9.59 Å². The Kier molecular flexibility index (Phi) is 4.43. The summed E-state index contributed by atoms with van der Waals surface area (Å²) in [6.07, 6.45) is 3.50. The van der Waals surface area contributed by atoms with Crippen molar-refractivity contribution in [3.63, 3.8) is 0 Å². The predicted octanol–water partition coefficient (Wildman–Crippen LogP) is 0.619. The maximum absolute atomic E-state index is 11.2. The van der Waals surface area contributed by atoms with Gasteiger partial charge in [-0.3, -0.25) is 14.5 Å². The second-order valence-electron chi connectivity index (χ2n) is 4.83. The monoisotopic (exact) mass is 241 g/mol. The van der Waals surface area contributed by atoms with E-state index in [-0.39, 0.29) is 17.4 Å². The molecule has 0 aromatic rings. The zero-order valence-electron chi connectivity index (χ0n) is 10.2. The van der Waals surface area contributed by atoms with E-state index in [1.54, 1.807) is 0 Å². The first kappa shape index (κ1) is 13.1. The Morgan fingerprint density at radius 1 is 1.25 bits per heavy atom. The molecular formula is C11H19NO3Si. The molecule has 5 heteroatoms. The molecule has 2 amide bonds. The number of carbonyl (C=O) groups excluding carboxylic acids is 2. The molecule has 0 radical (unpaired) electrons. The van der Waals surface area contributed by atoms with Crippen LogP contribution in [-0.4, -0.2) is 38.6 Å². The van der Waals surface area contributed by atoms with Crippen molar-refractivity contribution in [1.82, 2.24) is 4.90 Å². The highest BCUT2D eigenvalue weighted by atomic mass is 28.2. The fourth-order valence-electron chi connectivity index (χ4n) is 1.40. The van der Waals surface area contributed by atoms with Crippen molar-refractivity contribution < 1.29 is 14.0 Å².